The van der Waals surface area contributed by atoms with Gasteiger partial charge in [0.2, 0.25) is 0 Å². The first-order valence-electron chi connectivity index (χ1n) is 10.9. The summed E-state index contributed by atoms with van der Waals surface area (Å²) in [4.78, 5) is 16.2. The molecule has 4 nitrogen and oxygen atoms in total. The molecule has 0 radical (unpaired) electrons. The van der Waals surface area contributed by atoms with Gasteiger partial charge in [-0.3, -0.25) is 4.90 Å². The quantitative estimate of drug-likeness (QED) is 0.571. The number of carboxylic acids is 1. The third-order valence-corrected chi connectivity index (χ3v) is 6.90. The highest BCUT2D eigenvalue weighted by Crippen LogP contribution is 2.34. The number of carboxylic acid groups (broad SMARTS) is 1. The molecule has 6 heteroatoms. The smallest absolute Gasteiger partial charge is 0.335 e. The van der Waals surface area contributed by atoms with Gasteiger partial charge in [0.25, 0.3) is 0 Å². The highest BCUT2D eigenvalue weighted by atomic mass is 35.5. The van der Waals surface area contributed by atoms with Crippen LogP contribution in [0.1, 0.15) is 27.9 Å². The number of hydrogen-bond donors (Lipinski definition) is 1. The van der Waals surface area contributed by atoms with Crippen molar-refractivity contribution in [2.75, 3.05) is 24.5 Å². The maximum absolute atomic E-state index is 14.1. The molecule has 32 heavy (non-hydrogen) atoms. The number of halogens is 2. The molecule has 5 rings (SSSR count). The number of carbonyl (C=O) groups is 1. The van der Waals surface area contributed by atoms with E-state index in [1.54, 1.807) is 12.1 Å². The van der Waals surface area contributed by atoms with E-state index in [0.29, 0.717) is 11.6 Å². The summed E-state index contributed by atoms with van der Waals surface area (Å²) in [5.74, 6) is -1.28. The summed E-state index contributed by atoms with van der Waals surface area (Å²) in [6.07, 6.45) is 1.91. The van der Waals surface area contributed by atoms with Gasteiger partial charge in [0.15, 0.2) is 0 Å². The molecule has 0 amide bonds. The van der Waals surface area contributed by atoms with E-state index in [1.165, 1.54) is 17.3 Å². The fraction of sp³-hybridized carbons (Fsp3) is 0.269. The molecular formula is C26H24ClFN2O2. The standard InChI is InChI=1S/C26H24ClFN2O2/c27-23-9-6-17(14-24(23)28)22-4-2-1-3-20(22)15-29-11-12-30-21(16-29)8-5-18-13-19(26(31)32)7-10-25(18)30/h1-4,6-7,9-10,13-14,21H,5,8,11-12,15-16H2,(H,31,32)/t21-/m1/s1. The Labute approximate surface area is 191 Å². The fourth-order valence-corrected chi connectivity index (χ4v) is 5.11. The Bertz CT molecular complexity index is 1180. The second kappa shape index (κ2) is 8.57. The van der Waals surface area contributed by atoms with Crippen LogP contribution < -0.4 is 4.90 Å². The molecule has 0 bridgehead atoms. The Hall–Kier alpha value is -2.89. The van der Waals surface area contributed by atoms with Crippen LogP contribution in [0.25, 0.3) is 11.1 Å². The Morgan fingerprint density at radius 3 is 2.75 bits per heavy atom. The lowest BCUT2D eigenvalue weighted by molar-refractivity contribution is 0.0696. The van der Waals surface area contributed by atoms with E-state index in [9.17, 15) is 14.3 Å². The third-order valence-electron chi connectivity index (χ3n) is 6.59. The number of benzene rings is 3. The molecule has 2 aliphatic heterocycles. The number of rotatable bonds is 4. The van der Waals surface area contributed by atoms with Crippen molar-refractivity contribution in [2.24, 2.45) is 0 Å². The fourth-order valence-electron chi connectivity index (χ4n) is 4.99. The minimum Gasteiger partial charge on any atom is -0.478 e. The number of aryl methyl sites for hydroxylation is 1. The van der Waals surface area contributed by atoms with Gasteiger partial charge in [-0.2, -0.15) is 0 Å². The van der Waals surface area contributed by atoms with E-state index in [2.05, 4.69) is 15.9 Å². The van der Waals surface area contributed by atoms with E-state index in [-0.39, 0.29) is 5.02 Å². The molecule has 3 aromatic rings. The minimum atomic E-state index is -0.876. The van der Waals surface area contributed by atoms with Crippen LogP contribution in [0.2, 0.25) is 5.02 Å². The molecule has 0 spiro atoms. The maximum atomic E-state index is 14.1. The van der Waals surface area contributed by atoms with Crippen molar-refractivity contribution >= 4 is 23.3 Å². The molecule has 0 aromatic heterocycles. The van der Waals surface area contributed by atoms with Crippen molar-refractivity contribution in [3.8, 4) is 11.1 Å². The molecule has 0 aliphatic carbocycles. The molecule has 0 unspecified atom stereocenters. The Morgan fingerprint density at radius 1 is 1.09 bits per heavy atom. The van der Waals surface area contributed by atoms with E-state index >= 15 is 0 Å². The first kappa shape index (κ1) is 21.0. The number of nitrogens with zero attached hydrogens (tertiary/aromatic N) is 2. The molecule has 2 aliphatic rings. The summed E-state index contributed by atoms with van der Waals surface area (Å²) in [7, 11) is 0. The summed E-state index contributed by atoms with van der Waals surface area (Å²) < 4.78 is 14.1. The van der Waals surface area contributed by atoms with Gasteiger partial charge in [-0.05, 0) is 65.4 Å². The highest BCUT2D eigenvalue weighted by Gasteiger charge is 2.32. The lowest BCUT2D eigenvalue weighted by Gasteiger charge is -2.46. The second-order valence-electron chi connectivity index (χ2n) is 8.56. The Morgan fingerprint density at radius 2 is 1.94 bits per heavy atom. The van der Waals surface area contributed by atoms with Crippen molar-refractivity contribution in [1.29, 1.82) is 0 Å². The molecule has 1 N–H and O–H groups in total. The zero-order valence-electron chi connectivity index (χ0n) is 17.6. The topological polar surface area (TPSA) is 43.8 Å². The Kier molecular flexibility index (Phi) is 5.62. The van der Waals surface area contributed by atoms with Gasteiger partial charge in [0.05, 0.1) is 10.6 Å². The van der Waals surface area contributed by atoms with E-state index in [1.807, 2.05) is 36.4 Å². The zero-order chi connectivity index (χ0) is 22.2. The van der Waals surface area contributed by atoms with Gasteiger partial charge < -0.3 is 10.0 Å². The summed E-state index contributed by atoms with van der Waals surface area (Å²) >= 11 is 5.87. The van der Waals surface area contributed by atoms with Gasteiger partial charge in [-0.25, -0.2) is 9.18 Å². The van der Waals surface area contributed by atoms with Crippen molar-refractivity contribution in [3.05, 3.63) is 88.2 Å². The number of piperazine rings is 1. The van der Waals surface area contributed by atoms with Gasteiger partial charge in [0.1, 0.15) is 5.82 Å². The molecule has 164 valence electrons. The summed E-state index contributed by atoms with van der Waals surface area (Å²) in [5, 5.41) is 9.41. The number of aromatic carboxylic acids is 1. The van der Waals surface area contributed by atoms with Crippen LogP contribution in [0.3, 0.4) is 0 Å². The zero-order valence-corrected chi connectivity index (χ0v) is 18.4. The average molecular weight is 451 g/mol. The first-order chi connectivity index (χ1) is 15.5. The maximum Gasteiger partial charge on any atom is 0.335 e. The normalized spacial score (nSPS) is 18.2. The summed E-state index contributed by atoms with van der Waals surface area (Å²) in [6, 6.07) is 19.0. The number of hydrogen-bond acceptors (Lipinski definition) is 3. The van der Waals surface area contributed by atoms with E-state index in [0.717, 1.165) is 55.7 Å². The number of anilines is 1. The highest BCUT2D eigenvalue weighted by molar-refractivity contribution is 6.30. The monoisotopic (exact) mass is 450 g/mol. The van der Waals surface area contributed by atoms with Crippen LogP contribution in [0.4, 0.5) is 10.1 Å². The van der Waals surface area contributed by atoms with E-state index < -0.39 is 11.8 Å². The molecule has 1 fully saturated rings. The van der Waals surface area contributed by atoms with Crippen molar-refractivity contribution < 1.29 is 14.3 Å². The largest absolute Gasteiger partial charge is 0.478 e. The van der Waals surface area contributed by atoms with Gasteiger partial charge >= 0.3 is 5.97 Å². The van der Waals surface area contributed by atoms with Gasteiger partial charge in [-0.1, -0.05) is 41.9 Å². The molecule has 0 saturated carbocycles. The molecule has 1 atom stereocenters. The lowest BCUT2D eigenvalue weighted by atomic mass is 9.92. The van der Waals surface area contributed by atoms with Crippen molar-refractivity contribution in [1.82, 2.24) is 4.90 Å². The van der Waals surface area contributed by atoms with Gasteiger partial charge in [-0.15, -0.1) is 0 Å². The van der Waals surface area contributed by atoms with Crippen molar-refractivity contribution in [3.63, 3.8) is 0 Å². The molecular weight excluding hydrogens is 427 g/mol. The molecule has 3 aromatic carbocycles. The predicted octanol–water partition coefficient (Wildman–Crippen LogP) is 5.48. The van der Waals surface area contributed by atoms with Crippen LogP contribution in [0.15, 0.2) is 60.7 Å². The summed E-state index contributed by atoms with van der Waals surface area (Å²) in [5.41, 5.74) is 5.69. The Balaban J connectivity index is 1.34. The minimum absolute atomic E-state index is 0.135. The third kappa shape index (κ3) is 3.98. The van der Waals surface area contributed by atoms with Crippen LogP contribution in [0, 0.1) is 5.82 Å². The SMILES string of the molecule is O=C(O)c1ccc2c(c1)CC[C@@H]1CN(Cc3ccccc3-c3ccc(Cl)c(F)c3)CCN21. The number of fused-ring (bicyclic) bond motifs is 3. The average Bonchev–Trinajstić information content (AvgIpc) is 2.80. The lowest BCUT2D eigenvalue weighted by Crippen LogP contribution is -2.54. The van der Waals surface area contributed by atoms with Crippen molar-refractivity contribution in [2.45, 2.75) is 25.4 Å². The van der Waals surface area contributed by atoms with Crippen LogP contribution in [-0.4, -0.2) is 41.7 Å². The molecule has 1 saturated heterocycles. The van der Waals surface area contributed by atoms with Crippen LogP contribution in [-0.2, 0) is 13.0 Å². The van der Waals surface area contributed by atoms with Gasteiger partial charge in [0, 0.05) is 37.9 Å². The predicted molar refractivity (Wildman–Crippen MR) is 125 cm³/mol. The summed E-state index contributed by atoms with van der Waals surface area (Å²) in [6.45, 7) is 3.57. The second-order valence-corrected chi connectivity index (χ2v) is 8.96. The van der Waals surface area contributed by atoms with E-state index in [4.69, 9.17) is 11.6 Å². The molecule has 2 heterocycles. The van der Waals surface area contributed by atoms with Crippen LogP contribution >= 0.6 is 11.6 Å². The van der Waals surface area contributed by atoms with Crippen LogP contribution in [0.5, 0.6) is 0 Å². The first-order valence-corrected chi connectivity index (χ1v) is 11.3.